The largest absolute Gasteiger partial charge is 0.494 e. The van der Waals surface area contributed by atoms with E-state index in [1.165, 1.54) is 13.2 Å². The standard InChI is InChI=1S/C28H32B3N9O5/c1-40(2)16-11-9-15(10-12-16)32-26(43)27-35-23(39-45-27)17-5-4-6-18(22(17)44-3)33-19-13-20(34-24(41)14-7-8-14)37-38-21(19)25(42)36-28(29,30)31/h4-6,13-16H,7-12H2,1-3H3,(H,32,43)(H,36,42)(H2,33,34,37,41). The molecule has 5 rings (SSSR count). The SMILES string of the molecule is [B]C([B])([B])NC(=O)c1nnc(NC(=O)C2CC2)cc1Nc1cccc(-c2noc(C(=O)NC3CCC(N(C)C)CC3)n2)c1OC. The van der Waals surface area contributed by atoms with Crippen LogP contribution in [0.5, 0.6) is 5.75 Å². The molecule has 0 bridgehead atoms. The van der Waals surface area contributed by atoms with E-state index in [0.717, 1.165) is 38.5 Å². The zero-order valence-corrected chi connectivity index (χ0v) is 25.3. The number of methoxy groups -OCH3 is 1. The maximum atomic E-state index is 12.9. The van der Waals surface area contributed by atoms with Crippen molar-refractivity contribution in [3.05, 3.63) is 35.9 Å². The van der Waals surface area contributed by atoms with Crippen molar-refractivity contribution in [1.82, 2.24) is 35.9 Å². The monoisotopic (exact) mass is 607 g/mol. The molecule has 45 heavy (non-hydrogen) atoms. The van der Waals surface area contributed by atoms with Crippen LogP contribution in [0.25, 0.3) is 11.4 Å². The summed E-state index contributed by atoms with van der Waals surface area (Å²) in [4.78, 5) is 44.7. The van der Waals surface area contributed by atoms with E-state index in [-0.39, 0.29) is 52.5 Å². The second kappa shape index (κ2) is 13.3. The second-order valence-electron chi connectivity index (χ2n) is 11.5. The van der Waals surface area contributed by atoms with Crippen LogP contribution in [0.15, 0.2) is 28.8 Å². The van der Waals surface area contributed by atoms with Gasteiger partial charge in [0.05, 0.1) is 47.6 Å². The summed E-state index contributed by atoms with van der Waals surface area (Å²) in [7, 11) is 22.2. The number of carbonyl (C=O) groups excluding carboxylic acids is 3. The highest BCUT2D eigenvalue weighted by molar-refractivity contribution is 6.60. The van der Waals surface area contributed by atoms with Gasteiger partial charge in [-0.15, -0.1) is 10.2 Å². The molecule has 2 fully saturated rings. The number of rotatable bonds is 11. The molecule has 0 spiro atoms. The van der Waals surface area contributed by atoms with E-state index >= 15 is 0 Å². The zero-order valence-electron chi connectivity index (χ0n) is 25.3. The average Bonchev–Trinajstić information content (AvgIpc) is 3.73. The Kier molecular flexibility index (Phi) is 9.46. The summed E-state index contributed by atoms with van der Waals surface area (Å²) >= 11 is 0. The highest BCUT2D eigenvalue weighted by Crippen LogP contribution is 2.38. The maximum absolute atomic E-state index is 12.9. The molecular formula is C28H32B3N9O5. The lowest BCUT2D eigenvalue weighted by Gasteiger charge is -2.32. The van der Waals surface area contributed by atoms with E-state index in [0.29, 0.717) is 17.3 Å². The topological polar surface area (TPSA) is 176 Å². The van der Waals surface area contributed by atoms with E-state index in [4.69, 9.17) is 32.8 Å². The van der Waals surface area contributed by atoms with Crippen LogP contribution in [0.2, 0.25) is 0 Å². The van der Waals surface area contributed by atoms with Crippen molar-refractivity contribution in [2.24, 2.45) is 5.92 Å². The third kappa shape index (κ3) is 8.01. The van der Waals surface area contributed by atoms with E-state index in [1.54, 1.807) is 18.2 Å². The van der Waals surface area contributed by atoms with Crippen molar-refractivity contribution in [1.29, 1.82) is 0 Å². The summed E-state index contributed by atoms with van der Waals surface area (Å²) in [5.41, 5.74) is 0.683. The van der Waals surface area contributed by atoms with Gasteiger partial charge >= 0.3 is 11.8 Å². The first kappa shape index (κ1) is 32.0. The molecule has 2 heterocycles. The predicted molar refractivity (Wildman–Crippen MR) is 168 cm³/mol. The number of benzene rings is 1. The van der Waals surface area contributed by atoms with Crippen LogP contribution in [-0.4, -0.2) is 105 Å². The molecule has 2 aliphatic rings. The van der Waals surface area contributed by atoms with Crippen LogP contribution in [0.1, 0.15) is 59.7 Å². The summed E-state index contributed by atoms with van der Waals surface area (Å²) in [5, 5.41) is 20.9. The van der Waals surface area contributed by atoms with Crippen LogP contribution in [0.3, 0.4) is 0 Å². The number of nitrogens with one attached hydrogen (secondary N) is 4. The molecule has 3 amide bonds. The van der Waals surface area contributed by atoms with Crippen LogP contribution >= 0.6 is 0 Å². The quantitative estimate of drug-likeness (QED) is 0.230. The minimum absolute atomic E-state index is 0.0217. The number of carbonyl (C=O) groups is 3. The smallest absolute Gasteiger partial charge is 0.316 e. The average molecular weight is 607 g/mol. The van der Waals surface area contributed by atoms with Crippen LogP contribution < -0.4 is 26.0 Å². The third-order valence-electron chi connectivity index (χ3n) is 7.65. The van der Waals surface area contributed by atoms with E-state index in [1.807, 2.05) is 0 Å². The van der Waals surface area contributed by atoms with Gasteiger partial charge in [0.2, 0.25) is 11.7 Å². The van der Waals surface area contributed by atoms with Crippen molar-refractivity contribution < 1.29 is 23.6 Å². The van der Waals surface area contributed by atoms with Gasteiger partial charge in [-0.3, -0.25) is 14.4 Å². The summed E-state index contributed by atoms with van der Waals surface area (Å²) < 4.78 is 11.0. The van der Waals surface area contributed by atoms with Gasteiger partial charge in [-0.25, -0.2) is 0 Å². The van der Waals surface area contributed by atoms with Gasteiger partial charge in [0.1, 0.15) is 0 Å². The Morgan fingerprint density at radius 1 is 1.00 bits per heavy atom. The molecule has 0 aliphatic heterocycles. The second-order valence-corrected chi connectivity index (χ2v) is 11.5. The lowest BCUT2D eigenvalue weighted by Crippen LogP contribution is -2.50. The minimum atomic E-state index is -2.03. The van der Waals surface area contributed by atoms with Gasteiger partial charge in [-0.2, -0.15) is 4.98 Å². The number of amides is 3. The van der Waals surface area contributed by atoms with Crippen LogP contribution in [-0.2, 0) is 4.79 Å². The fourth-order valence-corrected chi connectivity index (χ4v) is 5.13. The number of para-hydroxylation sites is 1. The summed E-state index contributed by atoms with van der Waals surface area (Å²) in [6.07, 6.45) is 5.27. The molecule has 2 aliphatic carbocycles. The highest BCUT2D eigenvalue weighted by atomic mass is 16.5. The van der Waals surface area contributed by atoms with Crippen molar-refractivity contribution in [3.8, 4) is 17.1 Å². The Balaban J connectivity index is 1.38. The molecule has 4 N–H and O–H groups in total. The Bertz CT molecular complexity index is 1570. The van der Waals surface area contributed by atoms with Crippen molar-refractivity contribution in [3.63, 3.8) is 0 Å². The number of hydrogen-bond donors (Lipinski definition) is 4. The number of hydrogen-bond acceptors (Lipinski definition) is 11. The summed E-state index contributed by atoms with van der Waals surface area (Å²) in [5.74, 6) is -1.25. The lowest BCUT2D eigenvalue weighted by molar-refractivity contribution is -0.117. The molecule has 228 valence electrons. The molecule has 0 atom stereocenters. The maximum Gasteiger partial charge on any atom is 0.316 e. The molecule has 14 nitrogen and oxygen atoms in total. The molecular weight excluding hydrogens is 575 g/mol. The third-order valence-corrected chi connectivity index (χ3v) is 7.65. The van der Waals surface area contributed by atoms with Crippen molar-refractivity contribution in [2.75, 3.05) is 31.8 Å². The van der Waals surface area contributed by atoms with Crippen LogP contribution in [0.4, 0.5) is 17.2 Å². The number of ether oxygens (including phenoxy) is 1. The first-order valence-electron chi connectivity index (χ1n) is 14.5. The lowest BCUT2D eigenvalue weighted by atomic mass is 9.49. The van der Waals surface area contributed by atoms with E-state index in [9.17, 15) is 14.4 Å². The van der Waals surface area contributed by atoms with Gasteiger partial charge in [0.25, 0.3) is 5.91 Å². The van der Waals surface area contributed by atoms with Crippen molar-refractivity contribution >= 4 is 58.5 Å². The van der Waals surface area contributed by atoms with Crippen molar-refractivity contribution in [2.45, 2.75) is 55.8 Å². The highest BCUT2D eigenvalue weighted by Gasteiger charge is 2.31. The normalized spacial score (nSPS) is 18.2. The first-order chi connectivity index (χ1) is 21.4. The van der Waals surface area contributed by atoms with Gasteiger partial charge in [0.15, 0.2) is 17.3 Å². The molecule has 6 radical (unpaired) electrons. The number of anilines is 3. The Hall–Kier alpha value is -4.40. The summed E-state index contributed by atoms with van der Waals surface area (Å²) in [6.45, 7) is 0. The van der Waals surface area contributed by atoms with Gasteiger partial charge in [-0.05, 0) is 64.8 Å². The van der Waals surface area contributed by atoms with E-state index < -0.39 is 17.1 Å². The molecule has 0 saturated heterocycles. The zero-order chi connectivity index (χ0) is 32.3. The number of nitrogens with zero attached hydrogens (tertiary/aromatic N) is 5. The van der Waals surface area contributed by atoms with Crippen LogP contribution in [0, 0.1) is 5.92 Å². The van der Waals surface area contributed by atoms with Gasteiger partial charge in [0, 0.05) is 24.1 Å². The molecule has 2 aromatic heterocycles. The fourth-order valence-electron chi connectivity index (χ4n) is 5.13. The first-order valence-corrected chi connectivity index (χ1v) is 14.5. The molecule has 0 unspecified atom stereocenters. The predicted octanol–water partition coefficient (Wildman–Crippen LogP) is 1.08. The Morgan fingerprint density at radius 3 is 2.38 bits per heavy atom. The Labute approximate surface area is 264 Å². The van der Waals surface area contributed by atoms with E-state index in [2.05, 4.69) is 60.6 Å². The fraction of sp³-hybridized carbons (Fsp3) is 0.464. The Morgan fingerprint density at radius 2 is 1.73 bits per heavy atom. The molecule has 2 saturated carbocycles. The van der Waals surface area contributed by atoms with Gasteiger partial charge in [-0.1, -0.05) is 16.5 Å². The van der Waals surface area contributed by atoms with Gasteiger partial charge < -0.3 is 35.4 Å². The number of aromatic nitrogens is 4. The molecule has 3 aromatic rings. The molecule has 17 heteroatoms. The minimum Gasteiger partial charge on any atom is -0.494 e. The molecule has 1 aromatic carbocycles. The summed E-state index contributed by atoms with van der Waals surface area (Å²) in [6, 6.07) is 7.00.